The summed E-state index contributed by atoms with van der Waals surface area (Å²) in [5.41, 5.74) is 1.68. The highest BCUT2D eigenvalue weighted by molar-refractivity contribution is 6.73. The molecule has 1 N–H and O–H groups in total. The number of hydrogen-bond donors (Lipinski definition) is 1. The standard InChI is InChI=1S/C30H40F3NO6Si/c1-28(2,3)41(29(4,5)6)37-19-22-23(40-41)24(35-17-20-13-9-7-10-14-20)25(36-18-21-15-11-8-12-16-21)26(38-22)39-27(34)30(31,32)33/h7-16,22-26,34H,17-19H2,1-6H3/t22-,23+,24+,25-,26?/m1/s1. The molecule has 4 rings (SSSR count). The van der Waals surface area contributed by atoms with Crippen LogP contribution in [0.5, 0.6) is 0 Å². The van der Waals surface area contributed by atoms with Crippen LogP contribution in [-0.4, -0.2) is 57.9 Å². The highest BCUT2D eigenvalue weighted by atomic mass is 28.4. The quantitative estimate of drug-likeness (QED) is 0.213. The molecule has 2 aromatic rings. The molecule has 1 unspecified atom stereocenters. The number of ether oxygens (including phenoxy) is 4. The molecule has 41 heavy (non-hydrogen) atoms. The number of rotatable bonds is 7. The maximum atomic E-state index is 13.4. The zero-order chi connectivity index (χ0) is 30.1. The molecule has 0 aliphatic carbocycles. The van der Waals surface area contributed by atoms with Crippen molar-refractivity contribution in [3.05, 3.63) is 71.8 Å². The van der Waals surface area contributed by atoms with Crippen LogP contribution in [0.25, 0.3) is 0 Å². The third-order valence-electron chi connectivity index (χ3n) is 7.38. The second-order valence-electron chi connectivity index (χ2n) is 12.5. The maximum Gasteiger partial charge on any atom is 0.467 e. The summed E-state index contributed by atoms with van der Waals surface area (Å²) in [5.74, 6) is -1.87. The molecule has 0 amide bonds. The summed E-state index contributed by atoms with van der Waals surface area (Å²) in [6.07, 6.45) is -10.1. The van der Waals surface area contributed by atoms with E-state index < -0.39 is 51.3 Å². The molecule has 11 heteroatoms. The molecule has 0 spiro atoms. The van der Waals surface area contributed by atoms with E-state index in [0.717, 1.165) is 11.1 Å². The van der Waals surface area contributed by atoms with Crippen molar-refractivity contribution < 1.29 is 41.0 Å². The van der Waals surface area contributed by atoms with Crippen LogP contribution in [0.2, 0.25) is 10.1 Å². The molecule has 0 saturated carbocycles. The first kappa shape index (κ1) is 31.6. The van der Waals surface area contributed by atoms with Gasteiger partial charge >= 0.3 is 14.7 Å². The van der Waals surface area contributed by atoms with Gasteiger partial charge in [-0.1, -0.05) is 102 Å². The fourth-order valence-electron chi connectivity index (χ4n) is 5.67. The van der Waals surface area contributed by atoms with E-state index in [4.69, 9.17) is 33.2 Å². The lowest BCUT2D eigenvalue weighted by molar-refractivity contribution is -0.314. The average molecular weight is 596 g/mol. The number of nitrogens with one attached hydrogen (secondary N) is 1. The first-order valence-corrected chi connectivity index (χ1v) is 15.5. The van der Waals surface area contributed by atoms with Crippen LogP contribution in [0.1, 0.15) is 52.7 Å². The monoisotopic (exact) mass is 595 g/mol. The van der Waals surface area contributed by atoms with E-state index >= 15 is 0 Å². The topological polar surface area (TPSA) is 79.2 Å². The van der Waals surface area contributed by atoms with Gasteiger partial charge in [0.15, 0.2) is 0 Å². The average Bonchev–Trinajstić information content (AvgIpc) is 2.90. The highest BCUT2D eigenvalue weighted by Crippen LogP contribution is 2.55. The van der Waals surface area contributed by atoms with Crippen molar-refractivity contribution in [3.8, 4) is 0 Å². The first-order chi connectivity index (χ1) is 19.1. The van der Waals surface area contributed by atoms with Gasteiger partial charge in [-0.15, -0.1) is 0 Å². The summed E-state index contributed by atoms with van der Waals surface area (Å²) in [5, 5.41) is 6.84. The van der Waals surface area contributed by atoms with Gasteiger partial charge in [-0.05, 0) is 11.1 Å². The summed E-state index contributed by atoms with van der Waals surface area (Å²) < 4.78 is 77.6. The first-order valence-electron chi connectivity index (χ1n) is 13.7. The van der Waals surface area contributed by atoms with Crippen LogP contribution in [0.4, 0.5) is 13.2 Å². The minimum Gasteiger partial charge on any atom is -0.442 e. The van der Waals surface area contributed by atoms with Crippen molar-refractivity contribution in [2.45, 2.75) is 102 Å². The number of alkyl halides is 3. The summed E-state index contributed by atoms with van der Waals surface area (Å²) in [6.45, 7) is 12.8. The van der Waals surface area contributed by atoms with E-state index in [2.05, 4.69) is 41.5 Å². The summed E-state index contributed by atoms with van der Waals surface area (Å²) >= 11 is 0. The minimum atomic E-state index is -5.00. The zero-order valence-electron chi connectivity index (χ0n) is 24.4. The van der Waals surface area contributed by atoms with Crippen molar-refractivity contribution in [2.75, 3.05) is 6.61 Å². The van der Waals surface area contributed by atoms with Crippen LogP contribution >= 0.6 is 0 Å². The van der Waals surface area contributed by atoms with Gasteiger partial charge < -0.3 is 27.8 Å². The summed E-state index contributed by atoms with van der Waals surface area (Å²) in [6, 6.07) is 18.7. The molecule has 2 aliphatic rings. The predicted octanol–water partition coefficient (Wildman–Crippen LogP) is 6.90. The normalized spacial score (nSPS) is 26.7. The van der Waals surface area contributed by atoms with Crippen LogP contribution in [0, 0.1) is 5.41 Å². The Morgan fingerprint density at radius 3 is 1.78 bits per heavy atom. The summed E-state index contributed by atoms with van der Waals surface area (Å²) in [4.78, 5) is 0. The number of hydrogen-bond acceptors (Lipinski definition) is 7. The zero-order valence-corrected chi connectivity index (χ0v) is 25.4. The van der Waals surface area contributed by atoms with Crippen molar-refractivity contribution in [2.24, 2.45) is 0 Å². The molecule has 5 atom stereocenters. The fourth-order valence-corrected chi connectivity index (χ4v) is 10.6. The second kappa shape index (κ2) is 12.1. The predicted molar refractivity (Wildman–Crippen MR) is 150 cm³/mol. The third-order valence-corrected chi connectivity index (χ3v) is 12.5. The van der Waals surface area contributed by atoms with E-state index in [1.54, 1.807) is 0 Å². The Kier molecular flexibility index (Phi) is 9.37. The lowest BCUT2D eigenvalue weighted by Crippen LogP contribution is -2.72. The van der Waals surface area contributed by atoms with Crippen molar-refractivity contribution in [1.29, 1.82) is 5.41 Å². The molecule has 0 bridgehead atoms. The van der Waals surface area contributed by atoms with Crippen LogP contribution in [-0.2, 0) is 41.0 Å². The van der Waals surface area contributed by atoms with Crippen molar-refractivity contribution in [3.63, 3.8) is 0 Å². The summed E-state index contributed by atoms with van der Waals surface area (Å²) in [7, 11) is -3.02. The molecular weight excluding hydrogens is 555 g/mol. The van der Waals surface area contributed by atoms with Crippen LogP contribution in [0.3, 0.4) is 0 Å². The lowest BCUT2D eigenvalue weighted by Gasteiger charge is -2.58. The SMILES string of the molecule is CC(C)(C)[Si]1(C(C)(C)C)OC[C@H]2OC(OC(=N)C(F)(F)F)[C@H](OCc3ccccc3)[C@@H](OCc3ccccc3)[C@H]2O1. The third kappa shape index (κ3) is 7.03. The van der Waals surface area contributed by atoms with Gasteiger partial charge in [-0.2, -0.15) is 13.2 Å². The van der Waals surface area contributed by atoms with E-state index in [0.29, 0.717) is 0 Å². The van der Waals surface area contributed by atoms with Crippen LogP contribution in [0.15, 0.2) is 60.7 Å². The Labute approximate surface area is 241 Å². The largest absolute Gasteiger partial charge is 0.467 e. The molecule has 2 aromatic carbocycles. The molecule has 0 radical (unpaired) electrons. The van der Waals surface area contributed by atoms with Gasteiger partial charge in [-0.25, -0.2) is 0 Å². The number of halogens is 3. The highest BCUT2D eigenvalue weighted by Gasteiger charge is 2.65. The van der Waals surface area contributed by atoms with E-state index in [9.17, 15) is 13.2 Å². The molecule has 2 fully saturated rings. The fraction of sp³-hybridized carbons (Fsp3) is 0.567. The van der Waals surface area contributed by atoms with E-state index in [1.165, 1.54) is 0 Å². The van der Waals surface area contributed by atoms with Gasteiger partial charge in [0, 0.05) is 10.1 Å². The Bertz CT molecular complexity index is 1140. The van der Waals surface area contributed by atoms with Crippen molar-refractivity contribution >= 4 is 14.5 Å². The molecule has 2 aliphatic heterocycles. The Morgan fingerprint density at radius 1 is 0.829 bits per heavy atom. The molecule has 226 valence electrons. The molecule has 7 nitrogen and oxygen atoms in total. The maximum absolute atomic E-state index is 13.4. The van der Waals surface area contributed by atoms with E-state index in [1.807, 2.05) is 60.7 Å². The van der Waals surface area contributed by atoms with Gasteiger partial charge in [0.05, 0.1) is 19.8 Å². The van der Waals surface area contributed by atoms with Gasteiger partial charge in [0.1, 0.15) is 24.4 Å². The second-order valence-corrected chi connectivity index (χ2v) is 17.3. The minimum absolute atomic E-state index is 0.0638. The Morgan fingerprint density at radius 2 is 1.32 bits per heavy atom. The van der Waals surface area contributed by atoms with Crippen LogP contribution < -0.4 is 0 Å². The molecule has 2 saturated heterocycles. The lowest BCUT2D eigenvalue weighted by atomic mass is 9.98. The van der Waals surface area contributed by atoms with Gasteiger partial charge in [-0.3, -0.25) is 5.41 Å². The van der Waals surface area contributed by atoms with Crippen molar-refractivity contribution in [1.82, 2.24) is 0 Å². The van der Waals surface area contributed by atoms with Gasteiger partial charge in [0.25, 0.3) is 5.90 Å². The Balaban J connectivity index is 1.73. The smallest absolute Gasteiger partial charge is 0.442 e. The number of benzene rings is 2. The molecule has 2 heterocycles. The molecule has 0 aromatic heterocycles. The Hall–Kier alpha value is -2.28. The van der Waals surface area contributed by atoms with Gasteiger partial charge in [0.2, 0.25) is 6.29 Å². The number of fused-ring (bicyclic) bond motifs is 1. The molecular formula is C30H40F3NO6Si. The van der Waals surface area contributed by atoms with E-state index in [-0.39, 0.29) is 29.9 Å².